The van der Waals surface area contributed by atoms with Gasteiger partial charge in [0, 0.05) is 48.2 Å². The van der Waals surface area contributed by atoms with E-state index in [-0.39, 0.29) is 18.6 Å². The van der Waals surface area contributed by atoms with Gasteiger partial charge in [-0.3, -0.25) is 4.18 Å². The second-order valence-corrected chi connectivity index (χ2v) is 10.2. The molecule has 10 nitrogen and oxygen atoms in total. The number of aliphatic hydroxyl groups excluding tert-OH is 2. The molecule has 0 aliphatic heterocycles. The summed E-state index contributed by atoms with van der Waals surface area (Å²) in [7, 11) is -4.07. The highest BCUT2D eigenvalue weighted by Gasteiger charge is 2.34. The van der Waals surface area contributed by atoms with E-state index in [1.165, 1.54) is 17.5 Å². The average Bonchev–Trinajstić information content (AvgIpc) is 3.43. The van der Waals surface area contributed by atoms with Crippen LogP contribution in [0, 0.1) is 5.92 Å². The standard InChI is InChI=1S/C24H31N5O5S/c1-2-16-4-3-5-17(8-16)12-29-7-6-18(13-29)23(31)21-11-26-15-27-24(21)28-20-9-19(22(30)10-20)14-34-35(25,32)33/h3-8,11,13,15,19-20,22-23,30-31H,2,9-10,12,14H2,1H3,(H2,25,32,33)(H,26,27,28). The van der Waals surface area contributed by atoms with E-state index < -0.39 is 22.5 Å². The van der Waals surface area contributed by atoms with Crippen molar-refractivity contribution in [3.8, 4) is 0 Å². The maximum atomic E-state index is 11.1. The summed E-state index contributed by atoms with van der Waals surface area (Å²) in [5.41, 5.74) is 3.69. The summed E-state index contributed by atoms with van der Waals surface area (Å²) in [6.07, 6.45) is 6.91. The molecule has 1 fully saturated rings. The summed E-state index contributed by atoms with van der Waals surface area (Å²) in [6.45, 7) is 2.63. The summed E-state index contributed by atoms with van der Waals surface area (Å²) < 4.78 is 28.8. The summed E-state index contributed by atoms with van der Waals surface area (Å²) in [5, 5.41) is 29.6. The maximum absolute atomic E-state index is 11.1. The van der Waals surface area contributed by atoms with E-state index in [1.807, 2.05) is 23.0 Å². The molecular weight excluding hydrogens is 470 g/mol. The molecule has 0 spiro atoms. The lowest BCUT2D eigenvalue weighted by molar-refractivity contribution is 0.101. The van der Waals surface area contributed by atoms with Crippen LogP contribution in [0.3, 0.4) is 0 Å². The van der Waals surface area contributed by atoms with Crippen LogP contribution in [0.5, 0.6) is 0 Å². The van der Waals surface area contributed by atoms with Gasteiger partial charge in [-0.05, 0) is 36.5 Å². The van der Waals surface area contributed by atoms with Crippen molar-refractivity contribution in [3.05, 3.63) is 77.5 Å². The quantitative estimate of drug-likeness (QED) is 0.328. The molecule has 1 aliphatic rings. The maximum Gasteiger partial charge on any atom is 0.333 e. The number of hydrogen-bond acceptors (Lipinski definition) is 8. The Morgan fingerprint density at radius 2 is 2.09 bits per heavy atom. The minimum atomic E-state index is -4.07. The molecule has 0 radical (unpaired) electrons. The second kappa shape index (κ2) is 10.8. The monoisotopic (exact) mass is 501 g/mol. The van der Waals surface area contributed by atoms with Crippen molar-refractivity contribution in [3.63, 3.8) is 0 Å². The first-order chi connectivity index (χ1) is 16.7. The van der Waals surface area contributed by atoms with Gasteiger partial charge < -0.3 is 20.1 Å². The Bertz CT molecular complexity index is 1250. The lowest BCUT2D eigenvalue weighted by Crippen LogP contribution is -2.24. The van der Waals surface area contributed by atoms with Crippen molar-refractivity contribution in [1.82, 2.24) is 14.5 Å². The molecule has 188 valence electrons. The average molecular weight is 502 g/mol. The number of rotatable bonds is 10. The van der Waals surface area contributed by atoms with Crippen molar-refractivity contribution in [2.45, 2.75) is 51.0 Å². The van der Waals surface area contributed by atoms with Crippen LogP contribution in [-0.4, -0.2) is 51.9 Å². The van der Waals surface area contributed by atoms with Gasteiger partial charge >= 0.3 is 10.3 Å². The number of nitrogens with one attached hydrogen (secondary N) is 1. The minimum Gasteiger partial charge on any atom is -0.393 e. The van der Waals surface area contributed by atoms with Crippen LogP contribution in [0.2, 0.25) is 0 Å². The number of aryl methyl sites for hydroxylation is 1. The van der Waals surface area contributed by atoms with Crippen molar-refractivity contribution < 1.29 is 22.8 Å². The fraction of sp³-hybridized carbons (Fsp3) is 0.417. The van der Waals surface area contributed by atoms with Crippen molar-refractivity contribution >= 4 is 16.1 Å². The lowest BCUT2D eigenvalue weighted by Gasteiger charge is -2.18. The third kappa shape index (κ3) is 6.65. The molecule has 1 saturated carbocycles. The Kier molecular flexibility index (Phi) is 7.82. The van der Waals surface area contributed by atoms with E-state index in [0.717, 1.165) is 6.42 Å². The fourth-order valence-electron chi connectivity index (χ4n) is 4.49. The Hall–Kier alpha value is -2.83. The van der Waals surface area contributed by atoms with E-state index in [4.69, 9.17) is 5.14 Å². The Morgan fingerprint density at radius 1 is 1.29 bits per heavy atom. The molecular formula is C24H31N5O5S. The molecule has 0 saturated heterocycles. The van der Waals surface area contributed by atoms with Crippen LogP contribution < -0.4 is 10.5 Å². The molecule has 1 aliphatic carbocycles. The third-order valence-electron chi connectivity index (χ3n) is 6.33. The summed E-state index contributed by atoms with van der Waals surface area (Å²) in [4.78, 5) is 8.38. The highest BCUT2D eigenvalue weighted by molar-refractivity contribution is 7.84. The Labute approximate surface area is 205 Å². The van der Waals surface area contributed by atoms with Crippen molar-refractivity contribution in [1.29, 1.82) is 0 Å². The van der Waals surface area contributed by atoms with Crippen molar-refractivity contribution in [2.24, 2.45) is 11.1 Å². The molecule has 4 atom stereocenters. The summed E-state index contributed by atoms with van der Waals surface area (Å²) in [5.74, 6) is 0.0717. The molecule has 4 unspecified atom stereocenters. The zero-order valence-corrected chi connectivity index (χ0v) is 20.3. The van der Waals surface area contributed by atoms with Crippen LogP contribution in [0.25, 0.3) is 0 Å². The van der Waals surface area contributed by atoms with E-state index in [2.05, 4.69) is 50.7 Å². The van der Waals surface area contributed by atoms with Gasteiger partial charge in [-0.25, -0.2) is 15.1 Å². The zero-order valence-electron chi connectivity index (χ0n) is 19.5. The van der Waals surface area contributed by atoms with E-state index in [9.17, 15) is 18.6 Å². The molecule has 0 bridgehead atoms. The number of aliphatic hydroxyl groups is 2. The van der Waals surface area contributed by atoms with E-state index in [1.54, 1.807) is 6.20 Å². The highest BCUT2D eigenvalue weighted by Crippen LogP contribution is 2.32. The molecule has 2 aromatic heterocycles. The van der Waals surface area contributed by atoms with Crippen LogP contribution >= 0.6 is 0 Å². The number of anilines is 1. The largest absolute Gasteiger partial charge is 0.393 e. The molecule has 4 rings (SSSR count). The van der Waals surface area contributed by atoms with Gasteiger partial charge in [0.05, 0.1) is 12.7 Å². The fourth-order valence-corrected chi connectivity index (χ4v) is 4.86. The number of aromatic nitrogens is 3. The topological polar surface area (TPSA) is 153 Å². The molecule has 35 heavy (non-hydrogen) atoms. The lowest BCUT2D eigenvalue weighted by atomic mass is 10.1. The molecule has 3 aromatic rings. The molecule has 1 aromatic carbocycles. The normalized spacial score (nSPS) is 21.2. The Morgan fingerprint density at radius 3 is 2.86 bits per heavy atom. The number of hydrogen-bond donors (Lipinski definition) is 4. The zero-order chi connectivity index (χ0) is 25.0. The minimum absolute atomic E-state index is 0.185. The van der Waals surface area contributed by atoms with Crippen LogP contribution in [-0.2, 0) is 27.5 Å². The van der Waals surface area contributed by atoms with Gasteiger partial charge in [-0.15, -0.1) is 0 Å². The molecule has 5 N–H and O–H groups in total. The van der Waals surface area contributed by atoms with Crippen molar-refractivity contribution in [2.75, 3.05) is 11.9 Å². The first-order valence-electron chi connectivity index (χ1n) is 11.5. The van der Waals surface area contributed by atoms with E-state index in [0.29, 0.717) is 36.3 Å². The first-order valence-corrected chi connectivity index (χ1v) is 13.0. The second-order valence-electron chi connectivity index (χ2n) is 8.94. The number of nitrogens with zero attached hydrogens (tertiary/aromatic N) is 3. The van der Waals surface area contributed by atoms with Gasteiger partial charge in [0.1, 0.15) is 18.2 Å². The van der Waals surface area contributed by atoms with Gasteiger partial charge in [0.25, 0.3) is 0 Å². The third-order valence-corrected chi connectivity index (χ3v) is 6.80. The summed E-state index contributed by atoms with van der Waals surface area (Å²) in [6, 6.07) is 10.1. The van der Waals surface area contributed by atoms with Gasteiger partial charge in [0.2, 0.25) is 0 Å². The highest BCUT2D eigenvalue weighted by atomic mass is 32.2. The van der Waals surface area contributed by atoms with Crippen LogP contribution in [0.1, 0.15) is 48.1 Å². The van der Waals surface area contributed by atoms with Crippen LogP contribution in [0.15, 0.2) is 55.2 Å². The molecule has 0 amide bonds. The predicted octanol–water partition coefficient (Wildman–Crippen LogP) is 1.74. The van der Waals surface area contributed by atoms with E-state index >= 15 is 0 Å². The van der Waals surface area contributed by atoms with Gasteiger partial charge in [-0.2, -0.15) is 8.42 Å². The summed E-state index contributed by atoms with van der Waals surface area (Å²) >= 11 is 0. The smallest absolute Gasteiger partial charge is 0.333 e. The van der Waals surface area contributed by atoms with Gasteiger partial charge in [0.15, 0.2) is 0 Å². The Balaban J connectivity index is 1.43. The van der Waals surface area contributed by atoms with Crippen LogP contribution in [0.4, 0.5) is 5.82 Å². The number of nitrogens with two attached hydrogens (primary N) is 1. The molecule has 2 heterocycles. The number of benzene rings is 1. The molecule has 11 heteroatoms. The van der Waals surface area contributed by atoms with Gasteiger partial charge in [-0.1, -0.05) is 31.2 Å². The SMILES string of the molecule is CCc1cccc(Cn2ccc(C(O)c3cncnc3NC3CC(O)C(COS(N)(=O)=O)C3)c2)c1. The first kappa shape index (κ1) is 25.3. The predicted molar refractivity (Wildman–Crippen MR) is 131 cm³/mol.